The Kier molecular flexibility index (Phi) is 5.92. The summed E-state index contributed by atoms with van der Waals surface area (Å²) in [5.41, 5.74) is 1.27. The number of Topliss-reactive ketones (excluding diaryl/α,β-unsaturated/α-hetero) is 3. The number of nitrogens with zero attached hydrogens (tertiary/aromatic N) is 1. The minimum atomic E-state index is -1.61. The molecule has 0 unspecified atom stereocenters. The SMILES string of the molecule is COc1ccc([C@H]2[C@H](C(=O)c3cccs3)N3c4ccc(Cl)cc4C=C[C@@H]3C23C(=O)c2ccccc2C3=O)c(OC)c1. The smallest absolute Gasteiger partial charge is 0.195 e. The zero-order chi connectivity index (χ0) is 28.5. The third kappa shape index (κ3) is 3.46. The topological polar surface area (TPSA) is 72.9 Å². The molecule has 3 heterocycles. The number of methoxy groups -OCH3 is 2. The van der Waals surface area contributed by atoms with Crippen LogP contribution in [0.15, 0.2) is 84.3 Å². The number of thiophene rings is 1. The van der Waals surface area contributed by atoms with Crippen molar-refractivity contribution in [2.45, 2.75) is 18.0 Å². The van der Waals surface area contributed by atoms with Crippen molar-refractivity contribution in [1.29, 1.82) is 0 Å². The molecule has 1 aromatic heterocycles. The molecule has 3 aliphatic rings. The van der Waals surface area contributed by atoms with E-state index in [1.165, 1.54) is 18.4 Å². The normalized spacial score (nSPS) is 21.5. The molecule has 0 saturated carbocycles. The monoisotopic (exact) mass is 581 g/mol. The van der Waals surface area contributed by atoms with Crippen LogP contribution >= 0.6 is 22.9 Å². The van der Waals surface area contributed by atoms with Gasteiger partial charge in [0.1, 0.15) is 23.0 Å². The van der Waals surface area contributed by atoms with Crippen LogP contribution in [-0.2, 0) is 0 Å². The summed E-state index contributed by atoms with van der Waals surface area (Å²) in [6.45, 7) is 0. The molecule has 3 atom stereocenters. The summed E-state index contributed by atoms with van der Waals surface area (Å²) in [6.07, 6.45) is 3.78. The van der Waals surface area contributed by atoms with Crippen LogP contribution in [-0.4, -0.2) is 43.7 Å². The highest BCUT2D eigenvalue weighted by atomic mass is 35.5. The maximum absolute atomic E-state index is 14.7. The van der Waals surface area contributed by atoms with Gasteiger partial charge in [0.05, 0.1) is 25.1 Å². The fourth-order valence-corrected chi connectivity index (χ4v) is 7.81. The molecule has 8 heteroatoms. The summed E-state index contributed by atoms with van der Waals surface area (Å²) in [5, 5.41) is 2.40. The highest BCUT2D eigenvalue weighted by Gasteiger charge is 2.72. The van der Waals surface area contributed by atoms with Gasteiger partial charge in [-0.15, -0.1) is 11.3 Å². The average molecular weight is 582 g/mol. The molecule has 3 aromatic carbocycles. The Bertz CT molecular complexity index is 1740. The number of anilines is 1. The van der Waals surface area contributed by atoms with Gasteiger partial charge in [-0.1, -0.05) is 60.2 Å². The number of hydrogen-bond acceptors (Lipinski definition) is 7. The Balaban J connectivity index is 1.57. The predicted molar refractivity (Wildman–Crippen MR) is 159 cm³/mol. The van der Waals surface area contributed by atoms with Gasteiger partial charge in [-0.05, 0) is 41.3 Å². The van der Waals surface area contributed by atoms with Crippen LogP contribution in [0.25, 0.3) is 6.08 Å². The van der Waals surface area contributed by atoms with Crippen molar-refractivity contribution in [3.05, 3.63) is 116 Å². The minimum absolute atomic E-state index is 0.169. The molecule has 41 heavy (non-hydrogen) atoms. The first-order valence-electron chi connectivity index (χ1n) is 13.2. The van der Waals surface area contributed by atoms with E-state index in [1.54, 1.807) is 55.6 Å². The molecule has 1 aliphatic carbocycles. The Morgan fingerprint density at radius 3 is 2.34 bits per heavy atom. The third-order valence-corrected chi connectivity index (χ3v) is 9.69. The van der Waals surface area contributed by atoms with Crippen molar-refractivity contribution in [1.82, 2.24) is 0 Å². The number of halogens is 1. The Morgan fingerprint density at radius 2 is 1.68 bits per heavy atom. The van der Waals surface area contributed by atoms with E-state index in [4.69, 9.17) is 21.1 Å². The van der Waals surface area contributed by atoms with Crippen molar-refractivity contribution in [2.75, 3.05) is 19.1 Å². The lowest BCUT2D eigenvalue weighted by molar-refractivity contribution is 0.0665. The van der Waals surface area contributed by atoms with E-state index >= 15 is 0 Å². The van der Waals surface area contributed by atoms with Gasteiger partial charge in [-0.3, -0.25) is 14.4 Å². The van der Waals surface area contributed by atoms with Gasteiger partial charge in [-0.25, -0.2) is 0 Å². The lowest BCUT2D eigenvalue weighted by atomic mass is 9.64. The number of carbonyl (C=O) groups is 3. The predicted octanol–water partition coefficient (Wildman–Crippen LogP) is 6.74. The van der Waals surface area contributed by atoms with Crippen molar-refractivity contribution < 1.29 is 23.9 Å². The van der Waals surface area contributed by atoms with E-state index in [0.29, 0.717) is 38.1 Å². The van der Waals surface area contributed by atoms with Crippen LogP contribution in [0.5, 0.6) is 11.5 Å². The second-order valence-corrected chi connectivity index (χ2v) is 11.7. The molecule has 0 radical (unpaired) electrons. The van der Waals surface area contributed by atoms with Gasteiger partial charge in [0.25, 0.3) is 0 Å². The first-order valence-corrected chi connectivity index (χ1v) is 14.4. The number of benzene rings is 3. The van der Waals surface area contributed by atoms with Gasteiger partial charge in [0.2, 0.25) is 0 Å². The highest BCUT2D eigenvalue weighted by Crippen LogP contribution is 2.62. The summed E-state index contributed by atoms with van der Waals surface area (Å²) in [7, 11) is 3.09. The maximum Gasteiger partial charge on any atom is 0.195 e. The molecule has 1 spiro atoms. The van der Waals surface area contributed by atoms with Crippen molar-refractivity contribution in [2.24, 2.45) is 5.41 Å². The van der Waals surface area contributed by atoms with Gasteiger partial charge in [0.15, 0.2) is 17.3 Å². The van der Waals surface area contributed by atoms with Crippen LogP contribution < -0.4 is 14.4 Å². The molecule has 1 fully saturated rings. The molecule has 1 saturated heterocycles. The number of ketones is 3. The van der Waals surface area contributed by atoms with E-state index in [2.05, 4.69) is 0 Å². The van der Waals surface area contributed by atoms with E-state index in [9.17, 15) is 14.4 Å². The van der Waals surface area contributed by atoms with E-state index < -0.39 is 23.4 Å². The van der Waals surface area contributed by atoms with Gasteiger partial charge in [0, 0.05) is 39.4 Å². The number of rotatable bonds is 5. The lowest BCUT2D eigenvalue weighted by Gasteiger charge is -2.37. The quantitative estimate of drug-likeness (QED) is 0.192. The Labute approximate surface area is 245 Å². The number of ether oxygens (including phenoxy) is 2. The van der Waals surface area contributed by atoms with Gasteiger partial charge < -0.3 is 14.4 Å². The van der Waals surface area contributed by atoms with E-state index in [-0.39, 0.29) is 17.3 Å². The first kappa shape index (κ1) is 25.7. The summed E-state index contributed by atoms with van der Waals surface area (Å²) in [6, 6.07) is 19.7. The molecular formula is C33H24ClNO5S. The number of fused-ring (bicyclic) bond motifs is 5. The summed E-state index contributed by atoms with van der Waals surface area (Å²) >= 11 is 7.70. The molecule has 0 amide bonds. The number of carbonyl (C=O) groups excluding carboxylic acids is 3. The Morgan fingerprint density at radius 1 is 0.927 bits per heavy atom. The standard InChI is InChI=1S/C33H24ClNO5S/c1-39-20-11-12-23(25(17-20)40-2)28-29(30(36)26-8-5-15-41-26)35-24-13-10-19(34)16-18(24)9-14-27(35)33(28)31(37)21-6-3-4-7-22(21)32(33)38/h3-17,27-29H,1-2H3/t27-,28+,29-/m1/s1. The average Bonchev–Trinajstić information content (AvgIpc) is 3.70. The molecule has 2 aliphatic heterocycles. The van der Waals surface area contributed by atoms with Crippen molar-refractivity contribution >= 4 is 52.1 Å². The number of hydrogen-bond donors (Lipinski definition) is 0. The molecular weight excluding hydrogens is 558 g/mol. The molecule has 4 aromatic rings. The molecule has 0 bridgehead atoms. The molecule has 204 valence electrons. The summed E-state index contributed by atoms with van der Waals surface area (Å²) < 4.78 is 11.3. The van der Waals surface area contributed by atoms with Crippen molar-refractivity contribution in [3.63, 3.8) is 0 Å². The molecule has 7 rings (SSSR count). The molecule has 0 N–H and O–H groups in total. The Hall–Kier alpha value is -4.20. The van der Waals surface area contributed by atoms with Crippen LogP contribution in [0.3, 0.4) is 0 Å². The zero-order valence-electron chi connectivity index (χ0n) is 22.2. The van der Waals surface area contributed by atoms with E-state index in [0.717, 1.165) is 11.3 Å². The zero-order valence-corrected chi connectivity index (χ0v) is 23.7. The van der Waals surface area contributed by atoms with Crippen LogP contribution in [0.1, 0.15) is 47.4 Å². The fourth-order valence-electron chi connectivity index (χ4n) is 6.93. The van der Waals surface area contributed by atoms with Crippen molar-refractivity contribution in [3.8, 4) is 11.5 Å². The van der Waals surface area contributed by atoms with E-state index in [1.807, 2.05) is 46.7 Å². The minimum Gasteiger partial charge on any atom is -0.497 e. The van der Waals surface area contributed by atoms with Crippen LogP contribution in [0, 0.1) is 5.41 Å². The van der Waals surface area contributed by atoms with Crippen LogP contribution in [0.2, 0.25) is 5.02 Å². The second kappa shape index (κ2) is 9.43. The second-order valence-electron chi connectivity index (χ2n) is 10.4. The van der Waals surface area contributed by atoms with Gasteiger partial charge >= 0.3 is 0 Å². The highest BCUT2D eigenvalue weighted by molar-refractivity contribution is 7.12. The maximum atomic E-state index is 14.7. The largest absolute Gasteiger partial charge is 0.497 e. The van der Waals surface area contributed by atoms with Gasteiger partial charge in [-0.2, -0.15) is 0 Å². The lowest BCUT2D eigenvalue weighted by Crippen LogP contribution is -2.48. The summed E-state index contributed by atoms with van der Waals surface area (Å²) in [5.74, 6) is -0.628. The third-order valence-electron chi connectivity index (χ3n) is 8.57. The van der Waals surface area contributed by atoms with Crippen LogP contribution in [0.4, 0.5) is 5.69 Å². The fraction of sp³-hybridized carbons (Fsp3) is 0.182. The first-order chi connectivity index (χ1) is 19.9. The summed E-state index contributed by atoms with van der Waals surface area (Å²) in [4.78, 5) is 46.6. The molecule has 6 nitrogen and oxygen atoms in total.